The van der Waals surface area contributed by atoms with Gasteiger partial charge in [-0.3, -0.25) is 4.79 Å². The first-order valence-corrected chi connectivity index (χ1v) is 11.8. The van der Waals surface area contributed by atoms with E-state index in [-0.39, 0.29) is 5.91 Å². The van der Waals surface area contributed by atoms with Crippen LogP contribution in [0.5, 0.6) is 5.75 Å². The Morgan fingerprint density at radius 3 is 2.25 bits per heavy atom. The third kappa shape index (κ3) is 4.12. The lowest BCUT2D eigenvalue weighted by Crippen LogP contribution is -2.22. The summed E-state index contributed by atoms with van der Waals surface area (Å²) in [5, 5.41) is 7.03. The van der Waals surface area contributed by atoms with Crippen molar-refractivity contribution < 1.29 is 9.53 Å². The SMILES string of the molecule is COc1cccc(CNC(=O)c2ccc3nc(-c4cccs4)c(-c4cccs4)nc3c2)c1. The number of nitrogens with zero attached hydrogens (tertiary/aromatic N) is 2. The molecule has 3 heterocycles. The normalized spacial score (nSPS) is 10.9. The zero-order chi connectivity index (χ0) is 21.9. The molecule has 3 aromatic heterocycles. The van der Waals surface area contributed by atoms with E-state index in [0.717, 1.165) is 38.0 Å². The first-order chi connectivity index (χ1) is 15.7. The van der Waals surface area contributed by atoms with Crippen LogP contribution in [0.1, 0.15) is 15.9 Å². The van der Waals surface area contributed by atoms with Gasteiger partial charge in [-0.25, -0.2) is 9.97 Å². The fourth-order valence-electron chi connectivity index (χ4n) is 3.43. The van der Waals surface area contributed by atoms with E-state index in [1.165, 1.54) is 0 Å². The molecule has 0 aliphatic heterocycles. The first kappa shape index (κ1) is 20.4. The molecule has 0 saturated heterocycles. The first-order valence-electron chi connectivity index (χ1n) is 10.0. The Balaban J connectivity index is 1.46. The Morgan fingerprint density at radius 2 is 1.59 bits per heavy atom. The van der Waals surface area contributed by atoms with Crippen LogP contribution in [0, 0.1) is 0 Å². The fourth-order valence-corrected chi connectivity index (χ4v) is 4.86. The van der Waals surface area contributed by atoms with Crippen LogP contribution in [-0.2, 0) is 6.54 Å². The van der Waals surface area contributed by atoms with Crippen LogP contribution >= 0.6 is 22.7 Å². The van der Waals surface area contributed by atoms with Crippen LogP contribution in [-0.4, -0.2) is 23.0 Å². The number of hydrogen-bond acceptors (Lipinski definition) is 6. The minimum Gasteiger partial charge on any atom is -0.497 e. The van der Waals surface area contributed by atoms with Gasteiger partial charge in [0.25, 0.3) is 5.91 Å². The van der Waals surface area contributed by atoms with E-state index in [4.69, 9.17) is 14.7 Å². The minimum atomic E-state index is -0.156. The smallest absolute Gasteiger partial charge is 0.251 e. The Labute approximate surface area is 193 Å². The van der Waals surface area contributed by atoms with Crippen LogP contribution in [0.15, 0.2) is 77.5 Å². The second-order valence-corrected chi connectivity index (χ2v) is 9.01. The lowest BCUT2D eigenvalue weighted by atomic mass is 10.1. The molecule has 5 aromatic rings. The predicted octanol–water partition coefficient (Wildman–Crippen LogP) is 6.03. The second-order valence-electron chi connectivity index (χ2n) is 7.11. The number of hydrogen-bond donors (Lipinski definition) is 1. The number of rotatable bonds is 6. The van der Waals surface area contributed by atoms with Crippen molar-refractivity contribution in [3.05, 3.63) is 88.6 Å². The van der Waals surface area contributed by atoms with E-state index in [1.807, 2.05) is 59.3 Å². The summed E-state index contributed by atoms with van der Waals surface area (Å²) in [6.07, 6.45) is 0. The summed E-state index contributed by atoms with van der Waals surface area (Å²) >= 11 is 3.27. The summed E-state index contributed by atoms with van der Waals surface area (Å²) in [6.45, 7) is 0.414. The van der Waals surface area contributed by atoms with Gasteiger partial charge in [0.15, 0.2) is 0 Å². The molecule has 1 amide bonds. The maximum absolute atomic E-state index is 12.8. The minimum absolute atomic E-state index is 0.156. The van der Waals surface area contributed by atoms with Crippen molar-refractivity contribution in [2.45, 2.75) is 6.54 Å². The van der Waals surface area contributed by atoms with Gasteiger partial charge in [-0.1, -0.05) is 24.3 Å². The van der Waals surface area contributed by atoms with Gasteiger partial charge in [-0.15, -0.1) is 22.7 Å². The highest BCUT2D eigenvalue weighted by Gasteiger charge is 2.16. The molecule has 5 rings (SSSR count). The van der Waals surface area contributed by atoms with Crippen molar-refractivity contribution >= 4 is 39.6 Å². The van der Waals surface area contributed by atoms with Gasteiger partial charge in [-0.05, 0) is 58.8 Å². The van der Waals surface area contributed by atoms with Crippen molar-refractivity contribution in [3.63, 3.8) is 0 Å². The van der Waals surface area contributed by atoms with E-state index in [1.54, 1.807) is 41.9 Å². The van der Waals surface area contributed by atoms with Gasteiger partial charge < -0.3 is 10.1 Å². The maximum atomic E-state index is 12.8. The summed E-state index contributed by atoms with van der Waals surface area (Å²) < 4.78 is 5.25. The molecule has 7 heteroatoms. The molecule has 0 spiro atoms. The summed E-state index contributed by atoms with van der Waals surface area (Å²) in [5.41, 5.74) is 4.68. The topological polar surface area (TPSA) is 64.1 Å². The van der Waals surface area contributed by atoms with Crippen molar-refractivity contribution in [2.24, 2.45) is 0 Å². The molecule has 5 nitrogen and oxygen atoms in total. The van der Waals surface area contributed by atoms with Crippen molar-refractivity contribution in [1.82, 2.24) is 15.3 Å². The highest BCUT2D eigenvalue weighted by atomic mass is 32.1. The summed E-state index contributed by atoms with van der Waals surface area (Å²) in [5.74, 6) is 0.608. The number of methoxy groups -OCH3 is 1. The Bertz CT molecular complexity index is 1380. The third-order valence-corrected chi connectivity index (χ3v) is 6.78. The Hall–Kier alpha value is -3.55. The number of ether oxygens (including phenoxy) is 1. The van der Waals surface area contributed by atoms with Crippen molar-refractivity contribution in [3.8, 4) is 26.9 Å². The number of amides is 1. The lowest BCUT2D eigenvalue weighted by Gasteiger charge is -2.10. The number of aromatic nitrogens is 2. The number of carbonyl (C=O) groups excluding carboxylic acids is 1. The molecule has 158 valence electrons. The quantitative estimate of drug-likeness (QED) is 0.338. The van der Waals surface area contributed by atoms with Crippen LogP contribution in [0.3, 0.4) is 0 Å². The summed E-state index contributed by atoms with van der Waals surface area (Å²) in [4.78, 5) is 24.7. The molecule has 0 aliphatic carbocycles. The van der Waals surface area contributed by atoms with Gasteiger partial charge in [0.2, 0.25) is 0 Å². The predicted molar refractivity (Wildman–Crippen MR) is 130 cm³/mol. The molecule has 2 aromatic carbocycles. The number of fused-ring (bicyclic) bond motifs is 1. The molecule has 0 saturated carbocycles. The number of nitrogens with one attached hydrogen (secondary N) is 1. The zero-order valence-corrected chi connectivity index (χ0v) is 18.9. The van der Waals surface area contributed by atoms with E-state index in [2.05, 4.69) is 11.4 Å². The van der Waals surface area contributed by atoms with Crippen LogP contribution < -0.4 is 10.1 Å². The fraction of sp³-hybridized carbons (Fsp3) is 0.0800. The molecule has 0 aliphatic rings. The molecule has 0 fully saturated rings. The van der Waals surface area contributed by atoms with Crippen LogP contribution in [0.2, 0.25) is 0 Å². The second kappa shape index (κ2) is 8.90. The molecule has 0 radical (unpaired) electrons. The molecular formula is C25H19N3O2S2. The molecule has 0 bridgehead atoms. The monoisotopic (exact) mass is 457 g/mol. The summed E-state index contributed by atoms with van der Waals surface area (Å²) in [6, 6.07) is 21.2. The highest BCUT2D eigenvalue weighted by Crippen LogP contribution is 2.35. The third-order valence-electron chi connectivity index (χ3n) is 5.02. The van der Waals surface area contributed by atoms with Crippen molar-refractivity contribution in [2.75, 3.05) is 7.11 Å². The number of thiophene rings is 2. The van der Waals surface area contributed by atoms with Gasteiger partial charge >= 0.3 is 0 Å². The van der Waals surface area contributed by atoms with Crippen LogP contribution in [0.25, 0.3) is 32.2 Å². The number of carbonyl (C=O) groups is 1. The van der Waals surface area contributed by atoms with E-state index in [9.17, 15) is 4.79 Å². The molecule has 1 N–H and O–H groups in total. The average Bonchev–Trinajstić information content (AvgIpc) is 3.56. The average molecular weight is 458 g/mol. The highest BCUT2D eigenvalue weighted by molar-refractivity contribution is 7.14. The van der Waals surface area contributed by atoms with E-state index < -0.39 is 0 Å². The van der Waals surface area contributed by atoms with Gasteiger partial charge in [0, 0.05) is 12.1 Å². The van der Waals surface area contributed by atoms with Gasteiger partial charge in [0.05, 0.1) is 27.9 Å². The molecule has 0 unspecified atom stereocenters. The van der Waals surface area contributed by atoms with E-state index >= 15 is 0 Å². The molecular weight excluding hydrogens is 438 g/mol. The summed E-state index contributed by atoms with van der Waals surface area (Å²) in [7, 11) is 1.63. The standard InChI is InChI=1S/C25H19N3O2S2/c1-30-18-6-2-5-16(13-18)15-26-25(29)17-9-10-19-20(14-17)28-24(22-8-4-12-32-22)23(27-19)21-7-3-11-31-21/h2-14H,15H2,1H3,(H,26,29). The van der Waals surface area contributed by atoms with Gasteiger partial charge in [0.1, 0.15) is 17.1 Å². The Morgan fingerprint density at radius 1 is 0.875 bits per heavy atom. The van der Waals surface area contributed by atoms with Gasteiger partial charge in [-0.2, -0.15) is 0 Å². The maximum Gasteiger partial charge on any atom is 0.251 e. The lowest BCUT2D eigenvalue weighted by molar-refractivity contribution is 0.0951. The largest absolute Gasteiger partial charge is 0.497 e. The zero-order valence-electron chi connectivity index (χ0n) is 17.2. The molecule has 0 atom stereocenters. The molecule has 32 heavy (non-hydrogen) atoms. The number of benzene rings is 2. The van der Waals surface area contributed by atoms with Crippen molar-refractivity contribution in [1.29, 1.82) is 0 Å². The van der Waals surface area contributed by atoms with E-state index in [0.29, 0.717) is 17.6 Å². The van der Waals surface area contributed by atoms with Crippen LogP contribution in [0.4, 0.5) is 0 Å². The Kier molecular flexibility index (Phi) is 5.66.